The third-order valence-electron chi connectivity index (χ3n) is 3.86. The molecule has 18 heavy (non-hydrogen) atoms. The number of allylic oxidation sites excluding steroid dienone is 1. The first kappa shape index (κ1) is 13.4. The smallest absolute Gasteiger partial charge is 0.191 e. The fourth-order valence-electron chi connectivity index (χ4n) is 2.46. The topological polar surface area (TPSA) is 36.4 Å². The first-order valence-electron chi connectivity index (χ1n) is 7.52. The molecule has 2 unspecified atom stereocenters. The van der Waals surface area contributed by atoms with E-state index in [0.29, 0.717) is 6.04 Å². The van der Waals surface area contributed by atoms with Crippen LogP contribution in [0, 0.1) is 5.92 Å². The van der Waals surface area contributed by atoms with Gasteiger partial charge in [0.05, 0.1) is 0 Å². The fraction of sp³-hybridized carbons (Fsp3) is 0.800. The number of guanidine groups is 1. The van der Waals surface area contributed by atoms with Crippen molar-refractivity contribution in [3.05, 3.63) is 11.6 Å². The van der Waals surface area contributed by atoms with Crippen LogP contribution in [0.3, 0.4) is 0 Å². The van der Waals surface area contributed by atoms with E-state index in [1.54, 1.807) is 5.57 Å². The van der Waals surface area contributed by atoms with Gasteiger partial charge in [-0.15, -0.1) is 0 Å². The maximum atomic E-state index is 4.68. The normalized spacial score (nSPS) is 27.7. The molecule has 0 saturated heterocycles. The standard InChI is InChI=1S/C15H27N3/c1-3-16-15(18-14-11-12(14)2)17-10-9-13-7-5-4-6-8-13/h7,12,14H,3-6,8-11H2,1-2H3,(H2,16,17,18). The Labute approximate surface area is 111 Å². The van der Waals surface area contributed by atoms with Gasteiger partial charge in [-0.2, -0.15) is 0 Å². The van der Waals surface area contributed by atoms with Crippen molar-refractivity contribution in [2.45, 2.75) is 58.4 Å². The van der Waals surface area contributed by atoms with Gasteiger partial charge in [-0.3, -0.25) is 4.99 Å². The first-order valence-corrected chi connectivity index (χ1v) is 7.52. The average molecular weight is 249 g/mol. The van der Waals surface area contributed by atoms with Crippen molar-refractivity contribution in [2.24, 2.45) is 10.9 Å². The van der Waals surface area contributed by atoms with E-state index in [0.717, 1.165) is 31.4 Å². The van der Waals surface area contributed by atoms with Gasteiger partial charge >= 0.3 is 0 Å². The zero-order valence-electron chi connectivity index (χ0n) is 11.8. The lowest BCUT2D eigenvalue weighted by Crippen LogP contribution is -2.39. The number of aliphatic imine (C=N–C) groups is 1. The summed E-state index contributed by atoms with van der Waals surface area (Å²) in [6, 6.07) is 0.650. The third kappa shape index (κ3) is 4.35. The molecule has 1 fully saturated rings. The van der Waals surface area contributed by atoms with E-state index in [-0.39, 0.29) is 0 Å². The molecule has 2 aliphatic carbocycles. The van der Waals surface area contributed by atoms with Gasteiger partial charge in [-0.05, 0) is 51.4 Å². The molecule has 2 N–H and O–H groups in total. The largest absolute Gasteiger partial charge is 0.357 e. The quantitative estimate of drug-likeness (QED) is 0.446. The predicted octanol–water partition coefficient (Wildman–Crippen LogP) is 2.84. The van der Waals surface area contributed by atoms with Crippen molar-refractivity contribution in [3.63, 3.8) is 0 Å². The zero-order valence-corrected chi connectivity index (χ0v) is 11.8. The van der Waals surface area contributed by atoms with Crippen LogP contribution in [0.15, 0.2) is 16.6 Å². The monoisotopic (exact) mass is 249 g/mol. The molecular formula is C15H27N3. The minimum atomic E-state index is 0.650. The molecule has 0 radical (unpaired) electrons. The third-order valence-corrected chi connectivity index (χ3v) is 3.86. The SMILES string of the molecule is CCNC(=NCCC1=CCCCC1)NC1CC1C. The molecule has 0 amide bonds. The second-order valence-corrected chi connectivity index (χ2v) is 5.58. The van der Waals surface area contributed by atoms with E-state index >= 15 is 0 Å². The lowest BCUT2D eigenvalue weighted by molar-refractivity contribution is 0.674. The van der Waals surface area contributed by atoms with Gasteiger partial charge in [0.2, 0.25) is 0 Å². The summed E-state index contributed by atoms with van der Waals surface area (Å²) in [4.78, 5) is 4.68. The lowest BCUT2D eigenvalue weighted by atomic mass is 9.97. The van der Waals surface area contributed by atoms with E-state index in [4.69, 9.17) is 0 Å². The molecule has 0 aromatic rings. The van der Waals surface area contributed by atoms with Gasteiger partial charge in [0.15, 0.2) is 5.96 Å². The molecule has 0 aromatic heterocycles. The van der Waals surface area contributed by atoms with Crippen LogP contribution < -0.4 is 10.6 Å². The molecule has 0 heterocycles. The van der Waals surface area contributed by atoms with E-state index in [1.807, 2.05) is 0 Å². The Morgan fingerprint density at radius 2 is 2.28 bits per heavy atom. The van der Waals surface area contributed by atoms with Crippen LogP contribution in [0.2, 0.25) is 0 Å². The molecule has 3 nitrogen and oxygen atoms in total. The van der Waals surface area contributed by atoms with Crippen LogP contribution in [0.1, 0.15) is 52.4 Å². The molecule has 2 aliphatic rings. The Bertz CT molecular complexity index is 320. The molecule has 0 bridgehead atoms. The summed E-state index contributed by atoms with van der Waals surface area (Å²) in [5, 5.41) is 6.83. The van der Waals surface area contributed by atoms with Gasteiger partial charge in [-0.1, -0.05) is 18.6 Å². The van der Waals surface area contributed by atoms with Crippen molar-refractivity contribution >= 4 is 5.96 Å². The Hall–Kier alpha value is -0.990. The number of hydrogen-bond donors (Lipinski definition) is 2. The van der Waals surface area contributed by atoms with E-state index in [1.165, 1.54) is 32.1 Å². The molecule has 2 rings (SSSR count). The molecule has 0 aromatic carbocycles. The highest BCUT2D eigenvalue weighted by atomic mass is 15.2. The Morgan fingerprint density at radius 1 is 1.44 bits per heavy atom. The van der Waals surface area contributed by atoms with Crippen molar-refractivity contribution in [1.29, 1.82) is 0 Å². The van der Waals surface area contributed by atoms with Crippen molar-refractivity contribution in [2.75, 3.05) is 13.1 Å². The zero-order chi connectivity index (χ0) is 12.8. The molecular weight excluding hydrogens is 222 g/mol. The number of rotatable bonds is 5. The minimum Gasteiger partial charge on any atom is -0.357 e. The molecule has 1 saturated carbocycles. The van der Waals surface area contributed by atoms with Crippen LogP contribution >= 0.6 is 0 Å². The van der Waals surface area contributed by atoms with Crippen LogP contribution in [0.4, 0.5) is 0 Å². The Kier molecular flexibility index (Phi) is 5.09. The highest BCUT2D eigenvalue weighted by Gasteiger charge is 2.33. The van der Waals surface area contributed by atoms with Crippen molar-refractivity contribution in [3.8, 4) is 0 Å². The first-order chi connectivity index (χ1) is 8.79. The van der Waals surface area contributed by atoms with Crippen LogP contribution in [-0.4, -0.2) is 25.1 Å². The van der Waals surface area contributed by atoms with Crippen molar-refractivity contribution in [1.82, 2.24) is 10.6 Å². The van der Waals surface area contributed by atoms with Gasteiger partial charge < -0.3 is 10.6 Å². The van der Waals surface area contributed by atoms with Gasteiger partial charge in [-0.25, -0.2) is 0 Å². The lowest BCUT2D eigenvalue weighted by Gasteiger charge is -2.13. The number of nitrogens with zero attached hydrogens (tertiary/aromatic N) is 1. The Balaban J connectivity index is 1.74. The van der Waals surface area contributed by atoms with Crippen LogP contribution in [-0.2, 0) is 0 Å². The molecule has 3 heteroatoms. The fourth-order valence-corrected chi connectivity index (χ4v) is 2.46. The van der Waals surface area contributed by atoms with Gasteiger partial charge in [0.25, 0.3) is 0 Å². The highest BCUT2D eigenvalue weighted by molar-refractivity contribution is 5.80. The van der Waals surface area contributed by atoms with E-state index in [9.17, 15) is 0 Å². The van der Waals surface area contributed by atoms with Crippen LogP contribution in [0.25, 0.3) is 0 Å². The van der Waals surface area contributed by atoms with Crippen LogP contribution in [0.5, 0.6) is 0 Å². The molecule has 2 atom stereocenters. The second kappa shape index (κ2) is 6.81. The van der Waals surface area contributed by atoms with Gasteiger partial charge in [0, 0.05) is 19.1 Å². The Morgan fingerprint density at radius 3 is 2.89 bits per heavy atom. The number of hydrogen-bond acceptors (Lipinski definition) is 1. The summed E-state index contributed by atoms with van der Waals surface area (Å²) in [5.41, 5.74) is 1.61. The summed E-state index contributed by atoms with van der Waals surface area (Å²) in [6.45, 7) is 6.27. The summed E-state index contributed by atoms with van der Waals surface area (Å²) in [5.74, 6) is 1.82. The highest BCUT2D eigenvalue weighted by Crippen LogP contribution is 2.28. The summed E-state index contributed by atoms with van der Waals surface area (Å²) < 4.78 is 0. The summed E-state index contributed by atoms with van der Waals surface area (Å²) in [6.07, 6.45) is 10.1. The summed E-state index contributed by atoms with van der Waals surface area (Å²) >= 11 is 0. The molecule has 0 spiro atoms. The average Bonchev–Trinajstić information content (AvgIpc) is 3.06. The minimum absolute atomic E-state index is 0.650. The van der Waals surface area contributed by atoms with E-state index in [2.05, 4.69) is 35.5 Å². The van der Waals surface area contributed by atoms with Gasteiger partial charge in [0.1, 0.15) is 0 Å². The second-order valence-electron chi connectivity index (χ2n) is 5.58. The summed E-state index contributed by atoms with van der Waals surface area (Å²) in [7, 11) is 0. The van der Waals surface area contributed by atoms with E-state index < -0.39 is 0 Å². The predicted molar refractivity (Wildman–Crippen MR) is 77.9 cm³/mol. The maximum Gasteiger partial charge on any atom is 0.191 e. The number of nitrogens with one attached hydrogen (secondary N) is 2. The maximum absolute atomic E-state index is 4.68. The molecule has 0 aliphatic heterocycles. The van der Waals surface area contributed by atoms with Crippen molar-refractivity contribution < 1.29 is 0 Å². The molecule has 102 valence electrons.